The van der Waals surface area contributed by atoms with Crippen LogP contribution in [0.2, 0.25) is 0 Å². The molecule has 4 nitrogen and oxygen atoms in total. The molecule has 0 bridgehead atoms. The average Bonchev–Trinajstić information content (AvgIpc) is 2.83. The zero-order valence-electron chi connectivity index (χ0n) is 14.1. The van der Waals surface area contributed by atoms with Crippen molar-refractivity contribution in [2.24, 2.45) is 0 Å². The molecule has 2 aromatic rings. The van der Waals surface area contributed by atoms with Crippen LogP contribution in [0.5, 0.6) is 17.2 Å². The van der Waals surface area contributed by atoms with Crippen molar-refractivity contribution in [1.29, 1.82) is 0 Å². The first-order valence-corrected chi connectivity index (χ1v) is 7.94. The van der Waals surface area contributed by atoms with Gasteiger partial charge in [-0.2, -0.15) is 0 Å². The van der Waals surface area contributed by atoms with Crippen molar-refractivity contribution in [2.75, 3.05) is 20.7 Å². The Morgan fingerprint density at radius 2 is 2.12 bits per heavy atom. The van der Waals surface area contributed by atoms with Crippen LogP contribution in [-0.4, -0.2) is 31.5 Å². The molecule has 0 aromatic heterocycles. The van der Waals surface area contributed by atoms with Crippen LogP contribution in [0.4, 0.5) is 4.39 Å². The molecule has 0 fully saturated rings. The molecule has 1 aliphatic carbocycles. The molecule has 2 atom stereocenters. The van der Waals surface area contributed by atoms with Crippen molar-refractivity contribution in [2.45, 2.75) is 25.1 Å². The Kier molecular flexibility index (Phi) is 4.37. The van der Waals surface area contributed by atoms with Crippen LogP contribution in [0.3, 0.4) is 0 Å². The van der Waals surface area contributed by atoms with E-state index in [0.29, 0.717) is 17.1 Å². The molecular formula is C19H22FNO3. The topological polar surface area (TPSA) is 50.7 Å². The average molecular weight is 331 g/mol. The monoisotopic (exact) mass is 331 g/mol. The maximum Gasteiger partial charge on any atom is 0.168 e. The van der Waals surface area contributed by atoms with E-state index < -0.39 is 11.8 Å². The number of methoxy groups -OCH3 is 1. The molecule has 0 amide bonds. The molecule has 0 saturated heterocycles. The normalized spacial score (nSPS) is 22.2. The third-order valence-corrected chi connectivity index (χ3v) is 4.56. The lowest BCUT2D eigenvalue weighted by atomic mass is 9.99. The number of ether oxygens (including phenoxy) is 2. The molecule has 0 heterocycles. The van der Waals surface area contributed by atoms with Crippen molar-refractivity contribution >= 4 is 0 Å². The highest BCUT2D eigenvalue weighted by Crippen LogP contribution is 2.46. The van der Waals surface area contributed by atoms with Gasteiger partial charge in [0.2, 0.25) is 0 Å². The molecule has 5 heteroatoms. The highest BCUT2D eigenvalue weighted by Gasteiger charge is 2.48. The number of hydrogen-bond acceptors (Lipinski definition) is 4. The maximum atomic E-state index is 15.6. The number of rotatable bonds is 5. The van der Waals surface area contributed by atoms with Crippen LogP contribution < -0.4 is 14.8 Å². The lowest BCUT2D eigenvalue weighted by Crippen LogP contribution is -2.41. The van der Waals surface area contributed by atoms with Crippen molar-refractivity contribution in [1.82, 2.24) is 5.32 Å². The van der Waals surface area contributed by atoms with Crippen LogP contribution in [0.15, 0.2) is 36.4 Å². The summed E-state index contributed by atoms with van der Waals surface area (Å²) >= 11 is 0. The number of fused-ring (bicyclic) bond motifs is 1. The van der Waals surface area contributed by atoms with Crippen LogP contribution in [0.1, 0.15) is 22.8 Å². The minimum atomic E-state index is -1.57. The van der Waals surface area contributed by atoms with E-state index in [1.165, 1.54) is 0 Å². The van der Waals surface area contributed by atoms with Gasteiger partial charge in [0, 0.05) is 24.1 Å². The predicted octanol–water partition coefficient (Wildman–Crippen LogP) is 3.31. The number of nitrogens with one attached hydrogen (secondary N) is 1. The summed E-state index contributed by atoms with van der Waals surface area (Å²) in [5.74, 6) is 1.28. The minimum absolute atomic E-state index is 0.134. The van der Waals surface area contributed by atoms with E-state index >= 15 is 4.39 Å². The van der Waals surface area contributed by atoms with Gasteiger partial charge in [0.05, 0.1) is 7.11 Å². The summed E-state index contributed by atoms with van der Waals surface area (Å²) in [5.41, 5.74) is 0.730. The zero-order chi connectivity index (χ0) is 17.3. The number of aromatic hydroxyl groups is 1. The fraction of sp³-hybridized carbons (Fsp3) is 0.368. The zero-order valence-corrected chi connectivity index (χ0v) is 14.1. The van der Waals surface area contributed by atoms with E-state index in [-0.39, 0.29) is 18.7 Å². The molecular weight excluding hydrogens is 309 g/mol. The van der Waals surface area contributed by atoms with Gasteiger partial charge in [-0.3, -0.25) is 0 Å². The fourth-order valence-electron chi connectivity index (χ4n) is 3.27. The lowest BCUT2D eigenvalue weighted by molar-refractivity contribution is 0.0226. The van der Waals surface area contributed by atoms with Gasteiger partial charge in [-0.15, -0.1) is 0 Å². The lowest BCUT2D eigenvalue weighted by Gasteiger charge is -2.29. The Morgan fingerprint density at radius 3 is 2.83 bits per heavy atom. The fourth-order valence-corrected chi connectivity index (χ4v) is 3.27. The van der Waals surface area contributed by atoms with Crippen LogP contribution in [-0.2, 0) is 6.42 Å². The Morgan fingerprint density at radius 1 is 1.33 bits per heavy atom. The number of halogens is 1. The summed E-state index contributed by atoms with van der Waals surface area (Å²) in [6.45, 7) is 1.93. The Hall–Kier alpha value is -2.27. The van der Waals surface area contributed by atoms with Crippen LogP contribution >= 0.6 is 0 Å². The van der Waals surface area contributed by atoms with E-state index in [1.54, 1.807) is 39.3 Å². The van der Waals surface area contributed by atoms with Gasteiger partial charge in [-0.1, -0.05) is 12.1 Å². The first kappa shape index (κ1) is 16.6. The Bertz CT molecular complexity index is 749. The summed E-state index contributed by atoms with van der Waals surface area (Å²) < 4.78 is 27.0. The summed E-state index contributed by atoms with van der Waals surface area (Å²) in [5, 5.41) is 12.8. The Labute approximate surface area is 141 Å². The maximum absolute atomic E-state index is 15.6. The van der Waals surface area contributed by atoms with Crippen molar-refractivity contribution in [3.05, 3.63) is 53.1 Å². The molecule has 128 valence electrons. The highest BCUT2D eigenvalue weighted by molar-refractivity contribution is 5.47. The quantitative estimate of drug-likeness (QED) is 0.882. The van der Waals surface area contributed by atoms with Gasteiger partial charge in [0.1, 0.15) is 17.2 Å². The second kappa shape index (κ2) is 6.32. The SMILES string of the molecule is CNCC1(F)Cc2ccc(OC)cc2C1Oc1cccc(O)c1C. The van der Waals surface area contributed by atoms with E-state index in [4.69, 9.17) is 9.47 Å². The summed E-state index contributed by atoms with van der Waals surface area (Å²) in [6, 6.07) is 10.6. The molecule has 0 saturated carbocycles. The molecule has 1 aliphatic rings. The molecule has 0 radical (unpaired) electrons. The minimum Gasteiger partial charge on any atom is -0.508 e. The number of hydrogen-bond donors (Lipinski definition) is 2. The number of benzene rings is 2. The van der Waals surface area contributed by atoms with Gasteiger partial charge >= 0.3 is 0 Å². The molecule has 0 aliphatic heterocycles. The second-order valence-electron chi connectivity index (χ2n) is 6.20. The number of phenolic OH excluding ortho intramolecular Hbond substituents is 1. The van der Waals surface area contributed by atoms with Gasteiger partial charge in [0.25, 0.3) is 0 Å². The smallest absolute Gasteiger partial charge is 0.168 e. The van der Waals surface area contributed by atoms with E-state index in [2.05, 4.69) is 5.32 Å². The molecule has 2 unspecified atom stereocenters. The van der Waals surface area contributed by atoms with Gasteiger partial charge in [-0.25, -0.2) is 4.39 Å². The largest absolute Gasteiger partial charge is 0.508 e. The molecule has 2 N–H and O–H groups in total. The van der Waals surface area contributed by atoms with Gasteiger partial charge in [0.15, 0.2) is 11.8 Å². The van der Waals surface area contributed by atoms with Gasteiger partial charge < -0.3 is 19.9 Å². The molecule has 0 spiro atoms. The second-order valence-corrected chi connectivity index (χ2v) is 6.20. The van der Waals surface area contributed by atoms with E-state index in [9.17, 15) is 5.11 Å². The van der Waals surface area contributed by atoms with E-state index in [0.717, 1.165) is 11.1 Å². The Balaban J connectivity index is 2.03. The van der Waals surface area contributed by atoms with Crippen molar-refractivity contribution in [3.63, 3.8) is 0 Å². The van der Waals surface area contributed by atoms with Gasteiger partial charge in [-0.05, 0) is 43.8 Å². The summed E-state index contributed by atoms with van der Waals surface area (Å²) in [7, 11) is 3.31. The third kappa shape index (κ3) is 2.80. The van der Waals surface area contributed by atoms with Crippen molar-refractivity contribution < 1.29 is 19.0 Å². The third-order valence-electron chi connectivity index (χ3n) is 4.56. The first-order chi connectivity index (χ1) is 11.5. The molecule has 2 aromatic carbocycles. The van der Waals surface area contributed by atoms with Crippen molar-refractivity contribution in [3.8, 4) is 17.2 Å². The van der Waals surface area contributed by atoms with Crippen LogP contribution in [0, 0.1) is 6.92 Å². The summed E-state index contributed by atoms with van der Waals surface area (Å²) in [4.78, 5) is 0. The first-order valence-electron chi connectivity index (χ1n) is 7.94. The number of phenols is 1. The summed E-state index contributed by atoms with van der Waals surface area (Å²) in [6.07, 6.45) is -0.494. The van der Waals surface area contributed by atoms with Crippen LogP contribution in [0.25, 0.3) is 0 Å². The molecule has 24 heavy (non-hydrogen) atoms. The predicted molar refractivity (Wildman–Crippen MR) is 90.7 cm³/mol. The number of alkyl halides is 1. The standard InChI is InChI=1S/C19H22FNO3/c1-12-16(22)5-4-6-17(12)24-18-15-9-14(23-3)8-7-13(15)10-19(18,20)11-21-2/h4-9,18,21-22H,10-11H2,1-3H3. The van der Waals surface area contributed by atoms with E-state index in [1.807, 2.05) is 18.2 Å². The molecule has 3 rings (SSSR count). The highest BCUT2D eigenvalue weighted by atomic mass is 19.1.